The van der Waals surface area contributed by atoms with Gasteiger partial charge in [0.15, 0.2) is 0 Å². The average molecular weight is 489 g/mol. The number of benzene rings is 2. The normalized spacial score (nSPS) is 17.1. The lowest BCUT2D eigenvalue weighted by Crippen LogP contribution is -2.41. The molecule has 2 aromatic heterocycles. The first-order chi connectivity index (χ1) is 17.6. The van der Waals surface area contributed by atoms with Gasteiger partial charge in [-0.1, -0.05) is 17.7 Å². The van der Waals surface area contributed by atoms with Crippen molar-refractivity contribution in [3.63, 3.8) is 0 Å². The van der Waals surface area contributed by atoms with Gasteiger partial charge in [-0.15, -0.1) is 0 Å². The Balaban J connectivity index is 1.27. The zero-order valence-corrected chi connectivity index (χ0v) is 20.3. The van der Waals surface area contributed by atoms with E-state index in [1.807, 2.05) is 0 Å². The molecule has 2 aliphatic rings. The first-order valence-electron chi connectivity index (χ1n) is 12.4. The number of fused-ring (bicyclic) bond motifs is 1. The molecule has 36 heavy (non-hydrogen) atoms. The van der Waals surface area contributed by atoms with Crippen molar-refractivity contribution in [1.82, 2.24) is 24.5 Å². The number of hydrogen-bond donors (Lipinski definition) is 1. The Morgan fingerprint density at radius 3 is 2.25 bits per heavy atom. The van der Waals surface area contributed by atoms with Crippen LogP contribution in [-0.2, 0) is 4.74 Å². The third-order valence-electron chi connectivity index (χ3n) is 6.82. The molecule has 2 aromatic carbocycles. The van der Waals surface area contributed by atoms with E-state index < -0.39 is 0 Å². The summed E-state index contributed by atoms with van der Waals surface area (Å²) in [6, 6.07) is 13.5. The summed E-state index contributed by atoms with van der Waals surface area (Å²) in [5.74, 6) is 1.44. The van der Waals surface area contributed by atoms with Crippen LogP contribution in [0.5, 0.6) is 0 Å². The predicted molar refractivity (Wildman–Crippen MR) is 137 cm³/mol. The van der Waals surface area contributed by atoms with Crippen LogP contribution in [0.25, 0.3) is 17.0 Å². The van der Waals surface area contributed by atoms with E-state index in [0.29, 0.717) is 42.6 Å². The summed E-state index contributed by atoms with van der Waals surface area (Å²) in [4.78, 5) is 23.2. The SMILES string of the molecule is Cc1ccc(NC2CCN(c3nc(N4CCOCC4)nc(-n4cnc5cc(F)ccc54)n3)CC2)cc1. The number of ether oxygens (including phenoxy) is 1. The van der Waals surface area contributed by atoms with Crippen LogP contribution in [0.1, 0.15) is 18.4 Å². The van der Waals surface area contributed by atoms with Crippen molar-refractivity contribution in [2.75, 3.05) is 54.5 Å². The number of rotatable bonds is 5. The third kappa shape index (κ3) is 4.68. The first kappa shape index (κ1) is 22.7. The summed E-state index contributed by atoms with van der Waals surface area (Å²) in [5, 5.41) is 3.66. The number of aromatic nitrogens is 5. The van der Waals surface area contributed by atoms with Crippen LogP contribution in [0, 0.1) is 12.7 Å². The van der Waals surface area contributed by atoms with Gasteiger partial charge >= 0.3 is 0 Å². The van der Waals surface area contributed by atoms with Crippen LogP contribution in [0.4, 0.5) is 22.0 Å². The summed E-state index contributed by atoms with van der Waals surface area (Å²) < 4.78 is 21.1. The van der Waals surface area contributed by atoms with Gasteiger partial charge in [-0.05, 0) is 44.0 Å². The molecule has 0 atom stereocenters. The highest BCUT2D eigenvalue weighted by Crippen LogP contribution is 2.24. The van der Waals surface area contributed by atoms with E-state index in [9.17, 15) is 4.39 Å². The van der Waals surface area contributed by atoms with Gasteiger partial charge in [0.05, 0.1) is 24.2 Å². The van der Waals surface area contributed by atoms with E-state index in [4.69, 9.17) is 19.7 Å². The molecule has 10 heteroatoms. The number of piperidine rings is 1. The Hall–Kier alpha value is -3.79. The van der Waals surface area contributed by atoms with Crippen molar-refractivity contribution in [3.8, 4) is 5.95 Å². The second-order valence-electron chi connectivity index (χ2n) is 9.35. The number of halogens is 1. The van der Waals surface area contributed by atoms with Crippen LogP contribution in [0.3, 0.4) is 0 Å². The Bertz CT molecular complexity index is 1340. The fourth-order valence-electron chi connectivity index (χ4n) is 4.75. The molecule has 6 rings (SSSR count). The van der Waals surface area contributed by atoms with Gasteiger partial charge in [0, 0.05) is 44.0 Å². The molecule has 9 nitrogen and oxygen atoms in total. The Morgan fingerprint density at radius 2 is 1.53 bits per heavy atom. The third-order valence-corrected chi connectivity index (χ3v) is 6.82. The van der Waals surface area contributed by atoms with Crippen LogP contribution in [0.2, 0.25) is 0 Å². The Labute approximate surface area is 209 Å². The molecule has 2 saturated heterocycles. The van der Waals surface area contributed by atoms with Crippen molar-refractivity contribution in [3.05, 3.63) is 60.2 Å². The van der Waals surface area contributed by atoms with Gasteiger partial charge in [-0.2, -0.15) is 15.0 Å². The fraction of sp³-hybridized carbons (Fsp3) is 0.385. The van der Waals surface area contributed by atoms with Gasteiger partial charge < -0.3 is 19.9 Å². The molecule has 0 saturated carbocycles. The number of nitrogens with one attached hydrogen (secondary N) is 1. The molecular weight excluding hydrogens is 459 g/mol. The second kappa shape index (κ2) is 9.69. The van der Waals surface area contributed by atoms with Crippen LogP contribution in [-0.4, -0.2) is 69.9 Å². The van der Waals surface area contributed by atoms with E-state index in [2.05, 4.69) is 51.3 Å². The van der Waals surface area contributed by atoms with Gasteiger partial charge in [0.1, 0.15) is 12.1 Å². The maximum absolute atomic E-state index is 13.7. The zero-order valence-electron chi connectivity index (χ0n) is 20.3. The number of hydrogen-bond acceptors (Lipinski definition) is 8. The zero-order chi connectivity index (χ0) is 24.5. The number of anilines is 3. The Kier molecular flexibility index (Phi) is 6.10. The fourth-order valence-corrected chi connectivity index (χ4v) is 4.75. The molecule has 2 fully saturated rings. The summed E-state index contributed by atoms with van der Waals surface area (Å²) in [7, 11) is 0. The second-order valence-corrected chi connectivity index (χ2v) is 9.35. The molecule has 0 amide bonds. The van der Waals surface area contributed by atoms with E-state index >= 15 is 0 Å². The molecule has 0 aliphatic carbocycles. The monoisotopic (exact) mass is 488 g/mol. The highest BCUT2D eigenvalue weighted by Gasteiger charge is 2.24. The minimum atomic E-state index is -0.319. The minimum Gasteiger partial charge on any atom is -0.382 e. The molecule has 4 aromatic rings. The van der Waals surface area contributed by atoms with Crippen molar-refractivity contribution >= 4 is 28.6 Å². The molecule has 2 aliphatic heterocycles. The molecule has 0 spiro atoms. The van der Waals surface area contributed by atoms with Gasteiger partial charge in [-0.3, -0.25) is 4.57 Å². The number of morpholine rings is 1. The lowest BCUT2D eigenvalue weighted by molar-refractivity contribution is 0.122. The number of aryl methyl sites for hydroxylation is 1. The van der Waals surface area contributed by atoms with Gasteiger partial charge in [0.2, 0.25) is 17.8 Å². The quantitative estimate of drug-likeness (QED) is 0.457. The van der Waals surface area contributed by atoms with E-state index in [1.54, 1.807) is 17.0 Å². The van der Waals surface area contributed by atoms with E-state index in [0.717, 1.165) is 50.2 Å². The van der Waals surface area contributed by atoms with Crippen LogP contribution in [0.15, 0.2) is 48.8 Å². The first-order valence-corrected chi connectivity index (χ1v) is 12.4. The molecule has 0 unspecified atom stereocenters. The van der Waals surface area contributed by atoms with Crippen LogP contribution >= 0.6 is 0 Å². The highest BCUT2D eigenvalue weighted by atomic mass is 19.1. The van der Waals surface area contributed by atoms with Crippen molar-refractivity contribution in [2.24, 2.45) is 0 Å². The number of nitrogens with zero attached hydrogens (tertiary/aromatic N) is 7. The van der Waals surface area contributed by atoms with Gasteiger partial charge in [0.25, 0.3) is 0 Å². The molecular formula is C26H29FN8O. The van der Waals surface area contributed by atoms with Crippen LogP contribution < -0.4 is 15.1 Å². The average Bonchev–Trinajstić information content (AvgIpc) is 3.34. The van der Waals surface area contributed by atoms with Crippen molar-refractivity contribution < 1.29 is 9.13 Å². The predicted octanol–water partition coefficient (Wildman–Crippen LogP) is 3.58. The maximum atomic E-state index is 13.7. The summed E-state index contributed by atoms with van der Waals surface area (Å²) >= 11 is 0. The molecule has 0 bridgehead atoms. The van der Waals surface area contributed by atoms with E-state index in [-0.39, 0.29) is 5.82 Å². The highest BCUT2D eigenvalue weighted by molar-refractivity contribution is 5.76. The molecule has 186 valence electrons. The lowest BCUT2D eigenvalue weighted by Gasteiger charge is -2.34. The standard InChI is InChI=1S/C26H29FN8O/c1-18-2-5-20(6-3-18)29-21-8-10-33(11-9-21)24-30-25(34-12-14-36-15-13-34)32-26(31-24)35-17-28-22-16-19(27)4-7-23(22)35/h2-7,16-17,21,29H,8-15H2,1H3. The number of imidazole rings is 1. The Morgan fingerprint density at radius 1 is 0.861 bits per heavy atom. The lowest BCUT2D eigenvalue weighted by atomic mass is 10.0. The molecule has 1 N–H and O–H groups in total. The summed E-state index contributed by atoms with van der Waals surface area (Å²) in [6.07, 6.45) is 3.61. The molecule has 4 heterocycles. The minimum absolute atomic E-state index is 0.319. The maximum Gasteiger partial charge on any atom is 0.242 e. The molecule has 0 radical (unpaired) electrons. The summed E-state index contributed by atoms with van der Waals surface area (Å²) in [5.41, 5.74) is 3.72. The van der Waals surface area contributed by atoms with Crippen molar-refractivity contribution in [1.29, 1.82) is 0 Å². The van der Waals surface area contributed by atoms with Crippen molar-refractivity contribution in [2.45, 2.75) is 25.8 Å². The van der Waals surface area contributed by atoms with E-state index in [1.165, 1.54) is 17.7 Å². The van der Waals surface area contributed by atoms with Gasteiger partial charge in [-0.25, -0.2) is 9.37 Å². The smallest absolute Gasteiger partial charge is 0.242 e. The topological polar surface area (TPSA) is 84.2 Å². The summed E-state index contributed by atoms with van der Waals surface area (Å²) in [6.45, 7) is 6.50. The largest absolute Gasteiger partial charge is 0.382 e.